The molecule has 2 amide bonds. The van der Waals surface area contributed by atoms with E-state index >= 15 is 0 Å². The van der Waals surface area contributed by atoms with Gasteiger partial charge in [0.05, 0.1) is 12.2 Å². The highest BCUT2D eigenvalue weighted by molar-refractivity contribution is 7.80. The van der Waals surface area contributed by atoms with Crippen molar-refractivity contribution in [1.82, 2.24) is 5.32 Å². The summed E-state index contributed by atoms with van der Waals surface area (Å²) in [4.78, 5) is 25.1. The van der Waals surface area contributed by atoms with Crippen LogP contribution in [0.4, 0.5) is 11.4 Å². The first-order valence-electron chi connectivity index (χ1n) is 10.9. The number of carbonyl (C=O) groups is 2. The van der Waals surface area contributed by atoms with Crippen molar-refractivity contribution in [3.63, 3.8) is 0 Å². The van der Waals surface area contributed by atoms with E-state index in [0.717, 1.165) is 5.56 Å². The van der Waals surface area contributed by atoms with Crippen LogP contribution >= 0.6 is 12.2 Å². The second-order valence-corrected chi connectivity index (χ2v) is 7.71. The van der Waals surface area contributed by atoms with Gasteiger partial charge in [0.1, 0.15) is 12.4 Å². The van der Waals surface area contributed by atoms with Crippen molar-refractivity contribution in [2.75, 3.05) is 30.5 Å². The summed E-state index contributed by atoms with van der Waals surface area (Å²) in [7, 11) is 0. The van der Waals surface area contributed by atoms with Crippen LogP contribution in [0.2, 0.25) is 0 Å². The first kappa shape index (κ1) is 24.9. The standard InChI is InChI=1S/C26H27N3O4S/c1-3-32-15-16-33-23-12-8-7-11-21(23)25(31)29-26(34)27-20-13-14-22(18(2)17-20)28-24(30)19-9-5-4-6-10-19/h4-14,17H,3,15-16H2,1-2H3,(H,28,30)(H2,27,29,31,34). The van der Waals surface area contributed by atoms with Crippen LogP contribution < -0.4 is 20.7 Å². The van der Waals surface area contributed by atoms with Crippen molar-refractivity contribution >= 4 is 40.5 Å². The van der Waals surface area contributed by atoms with E-state index in [1.807, 2.05) is 38.1 Å². The fraction of sp³-hybridized carbons (Fsp3) is 0.192. The van der Waals surface area contributed by atoms with Crippen LogP contribution in [0.3, 0.4) is 0 Å². The van der Waals surface area contributed by atoms with Gasteiger partial charge in [-0.1, -0.05) is 30.3 Å². The summed E-state index contributed by atoms with van der Waals surface area (Å²) in [6.45, 7) is 5.17. The Bertz CT molecular complexity index is 1150. The average molecular weight is 478 g/mol. The van der Waals surface area contributed by atoms with Crippen LogP contribution in [0.5, 0.6) is 5.75 Å². The van der Waals surface area contributed by atoms with Crippen LogP contribution in [0.15, 0.2) is 72.8 Å². The van der Waals surface area contributed by atoms with Gasteiger partial charge >= 0.3 is 0 Å². The molecule has 0 fully saturated rings. The normalized spacial score (nSPS) is 10.3. The van der Waals surface area contributed by atoms with Gasteiger partial charge in [-0.3, -0.25) is 14.9 Å². The minimum absolute atomic E-state index is 0.148. The van der Waals surface area contributed by atoms with Crippen LogP contribution in [0.1, 0.15) is 33.2 Å². The molecule has 0 saturated heterocycles. The van der Waals surface area contributed by atoms with Gasteiger partial charge in [0.15, 0.2) is 5.11 Å². The summed E-state index contributed by atoms with van der Waals surface area (Å²) in [5.74, 6) is -0.112. The zero-order chi connectivity index (χ0) is 24.3. The minimum Gasteiger partial charge on any atom is -0.490 e. The number of anilines is 2. The number of hydrogen-bond acceptors (Lipinski definition) is 5. The molecule has 0 radical (unpaired) electrons. The molecule has 3 rings (SSSR count). The van der Waals surface area contributed by atoms with Crippen LogP contribution in [0.25, 0.3) is 0 Å². The topological polar surface area (TPSA) is 88.7 Å². The van der Waals surface area contributed by atoms with E-state index in [1.54, 1.807) is 48.5 Å². The Kier molecular flexibility index (Phi) is 9.13. The number of aryl methyl sites for hydroxylation is 1. The number of rotatable bonds is 9. The van der Waals surface area contributed by atoms with Gasteiger partial charge in [-0.2, -0.15) is 0 Å². The van der Waals surface area contributed by atoms with Crippen LogP contribution in [-0.4, -0.2) is 36.7 Å². The number of thiocarbonyl (C=S) groups is 1. The average Bonchev–Trinajstić information content (AvgIpc) is 2.84. The lowest BCUT2D eigenvalue weighted by Crippen LogP contribution is -2.34. The van der Waals surface area contributed by atoms with E-state index in [1.165, 1.54) is 0 Å². The minimum atomic E-state index is -0.382. The number of amides is 2. The molecular formula is C26H27N3O4S. The van der Waals surface area contributed by atoms with Crippen LogP contribution in [-0.2, 0) is 4.74 Å². The first-order valence-corrected chi connectivity index (χ1v) is 11.3. The van der Waals surface area contributed by atoms with Gasteiger partial charge in [0.25, 0.3) is 11.8 Å². The Morgan fingerprint density at radius 1 is 0.882 bits per heavy atom. The number of nitrogens with one attached hydrogen (secondary N) is 3. The second-order valence-electron chi connectivity index (χ2n) is 7.30. The second kappa shape index (κ2) is 12.5. The molecule has 8 heteroatoms. The molecule has 0 atom stereocenters. The molecule has 0 spiro atoms. The maximum atomic E-state index is 12.7. The Hall–Kier alpha value is -3.75. The van der Waals surface area contributed by atoms with Crippen molar-refractivity contribution < 1.29 is 19.1 Å². The Labute approximate surface area is 204 Å². The molecule has 7 nitrogen and oxygen atoms in total. The fourth-order valence-electron chi connectivity index (χ4n) is 3.13. The summed E-state index contributed by atoms with van der Waals surface area (Å²) in [5, 5.41) is 8.72. The predicted octanol–water partition coefficient (Wildman–Crippen LogP) is 4.79. The molecule has 0 bridgehead atoms. The monoisotopic (exact) mass is 477 g/mol. The molecule has 3 N–H and O–H groups in total. The van der Waals surface area contributed by atoms with Crippen LogP contribution in [0, 0.1) is 6.92 Å². The van der Waals surface area contributed by atoms with Gasteiger partial charge in [-0.05, 0) is 74.1 Å². The van der Waals surface area contributed by atoms with E-state index in [0.29, 0.717) is 48.1 Å². The van der Waals surface area contributed by atoms with Crippen molar-refractivity contribution in [2.24, 2.45) is 0 Å². The Morgan fingerprint density at radius 3 is 2.35 bits per heavy atom. The molecular weight excluding hydrogens is 450 g/mol. The predicted molar refractivity (Wildman–Crippen MR) is 138 cm³/mol. The number of para-hydroxylation sites is 1. The van der Waals surface area contributed by atoms with E-state index in [4.69, 9.17) is 21.7 Å². The van der Waals surface area contributed by atoms with E-state index in [-0.39, 0.29) is 16.9 Å². The summed E-state index contributed by atoms with van der Waals surface area (Å²) in [6, 6.07) is 21.3. The molecule has 34 heavy (non-hydrogen) atoms. The van der Waals surface area contributed by atoms with Crippen molar-refractivity contribution in [2.45, 2.75) is 13.8 Å². The van der Waals surface area contributed by atoms with Crippen molar-refractivity contribution in [3.8, 4) is 5.75 Å². The molecule has 3 aromatic rings. The molecule has 0 aliphatic heterocycles. The summed E-state index contributed by atoms with van der Waals surface area (Å²) in [5.41, 5.74) is 3.17. The SMILES string of the molecule is CCOCCOc1ccccc1C(=O)NC(=S)Nc1ccc(NC(=O)c2ccccc2)c(C)c1. The Morgan fingerprint density at radius 2 is 1.62 bits per heavy atom. The van der Waals surface area contributed by atoms with E-state index < -0.39 is 0 Å². The van der Waals surface area contributed by atoms with Gasteiger partial charge < -0.3 is 20.1 Å². The third-order valence-electron chi connectivity index (χ3n) is 4.82. The number of carbonyl (C=O) groups excluding carboxylic acids is 2. The number of hydrogen-bond donors (Lipinski definition) is 3. The highest BCUT2D eigenvalue weighted by Crippen LogP contribution is 2.21. The third kappa shape index (κ3) is 7.13. The lowest BCUT2D eigenvalue weighted by atomic mass is 10.1. The largest absolute Gasteiger partial charge is 0.490 e. The lowest BCUT2D eigenvalue weighted by Gasteiger charge is -2.14. The molecule has 0 aliphatic rings. The van der Waals surface area contributed by atoms with Crippen molar-refractivity contribution in [3.05, 3.63) is 89.5 Å². The quantitative estimate of drug-likeness (QED) is 0.303. The number of benzene rings is 3. The van der Waals surface area contributed by atoms with Gasteiger partial charge in [-0.25, -0.2) is 0 Å². The molecule has 0 saturated carbocycles. The van der Waals surface area contributed by atoms with Gasteiger partial charge in [0.2, 0.25) is 0 Å². The molecule has 0 heterocycles. The van der Waals surface area contributed by atoms with Gasteiger partial charge in [-0.15, -0.1) is 0 Å². The highest BCUT2D eigenvalue weighted by atomic mass is 32.1. The smallest absolute Gasteiger partial charge is 0.261 e. The summed E-state index contributed by atoms with van der Waals surface area (Å²) >= 11 is 5.31. The maximum absolute atomic E-state index is 12.7. The maximum Gasteiger partial charge on any atom is 0.261 e. The van der Waals surface area contributed by atoms with Crippen molar-refractivity contribution in [1.29, 1.82) is 0 Å². The fourth-order valence-corrected chi connectivity index (χ4v) is 3.34. The zero-order valence-corrected chi connectivity index (χ0v) is 19.9. The molecule has 3 aromatic carbocycles. The van der Waals surface area contributed by atoms with Gasteiger partial charge in [0, 0.05) is 23.5 Å². The molecule has 176 valence electrons. The molecule has 0 aliphatic carbocycles. The summed E-state index contributed by atoms with van der Waals surface area (Å²) in [6.07, 6.45) is 0. The number of ether oxygens (including phenoxy) is 2. The summed E-state index contributed by atoms with van der Waals surface area (Å²) < 4.78 is 10.9. The Balaban J connectivity index is 1.58. The first-order chi connectivity index (χ1) is 16.5. The molecule has 0 aromatic heterocycles. The molecule has 0 unspecified atom stereocenters. The van der Waals surface area contributed by atoms with E-state index in [2.05, 4.69) is 16.0 Å². The highest BCUT2D eigenvalue weighted by Gasteiger charge is 2.14. The van der Waals surface area contributed by atoms with E-state index in [9.17, 15) is 9.59 Å². The zero-order valence-electron chi connectivity index (χ0n) is 19.1. The third-order valence-corrected chi connectivity index (χ3v) is 5.02. The lowest BCUT2D eigenvalue weighted by molar-refractivity contribution is 0.0958.